The van der Waals surface area contributed by atoms with Crippen LogP contribution < -0.4 is 9.64 Å². The second-order valence-corrected chi connectivity index (χ2v) is 7.61. The fourth-order valence-electron chi connectivity index (χ4n) is 4.20. The van der Waals surface area contributed by atoms with E-state index in [0.29, 0.717) is 12.1 Å². The predicted molar refractivity (Wildman–Crippen MR) is 96.5 cm³/mol. The minimum absolute atomic E-state index is 0.0240. The van der Waals surface area contributed by atoms with E-state index in [0.717, 1.165) is 36.9 Å². The third kappa shape index (κ3) is 2.83. The molecule has 4 rings (SSSR count). The zero-order valence-electron chi connectivity index (χ0n) is 14.9. The third-order valence-corrected chi connectivity index (χ3v) is 5.84. The zero-order chi connectivity index (χ0) is 20.3. The molecule has 0 aromatic heterocycles. The maximum Gasteiger partial charge on any atom is 0.416 e. The molecule has 1 aliphatic carbocycles. The average molecular weight is 414 g/mol. The Morgan fingerprint density at radius 2 is 1.82 bits per heavy atom. The molecule has 1 amide bonds. The van der Waals surface area contributed by atoms with E-state index in [1.807, 2.05) is 0 Å². The lowest BCUT2D eigenvalue weighted by Crippen LogP contribution is -2.36. The van der Waals surface area contributed by atoms with Gasteiger partial charge in [0.1, 0.15) is 5.75 Å². The summed E-state index contributed by atoms with van der Waals surface area (Å²) in [5.41, 5.74) is -0.225. The van der Waals surface area contributed by atoms with Crippen LogP contribution >= 0.6 is 11.6 Å². The van der Waals surface area contributed by atoms with Crippen molar-refractivity contribution in [3.63, 3.8) is 0 Å². The summed E-state index contributed by atoms with van der Waals surface area (Å²) in [7, 11) is 1.71. The molecule has 0 bridgehead atoms. The Bertz CT molecular complexity index is 944. The Morgan fingerprint density at radius 1 is 1.14 bits per heavy atom. The number of carbonyl (C=O) groups is 1. The van der Waals surface area contributed by atoms with Crippen molar-refractivity contribution >= 4 is 23.2 Å². The lowest BCUT2D eigenvalue weighted by Gasteiger charge is -2.22. The summed E-state index contributed by atoms with van der Waals surface area (Å²) in [6.45, 7) is 0. The lowest BCUT2D eigenvalue weighted by molar-refractivity contribution is -0.137. The number of anilines is 1. The molecule has 148 valence electrons. The minimum atomic E-state index is -4.71. The molecule has 1 fully saturated rings. The van der Waals surface area contributed by atoms with E-state index in [1.165, 1.54) is 0 Å². The molecule has 0 saturated heterocycles. The average Bonchev–Trinajstić information content (AvgIpc) is 3.19. The highest BCUT2D eigenvalue weighted by Gasteiger charge is 2.51. The van der Waals surface area contributed by atoms with Crippen LogP contribution in [0.2, 0.25) is 5.02 Å². The van der Waals surface area contributed by atoms with Crippen molar-refractivity contribution in [2.45, 2.75) is 37.3 Å². The van der Waals surface area contributed by atoms with Crippen molar-refractivity contribution in [2.24, 2.45) is 0 Å². The first-order valence-electron chi connectivity index (χ1n) is 8.80. The predicted octanol–water partition coefficient (Wildman–Crippen LogP) is 6.08. The van der Waals surface area contributed by atoms with Crippen LogP contribution in [0.3, 0.4) is 0 Å². The molecule has 0 N–H and O–H groups in total. The van der Waals surface area contributed by atoms with Gasteiger partial charge >= 0.3 is 6.18 Å². The maximum absolute atomic E-state index is 14.2. The molecule has 1 saturated carbocycles. The van der Waals surface area contributed by atoms with Crippen LogP contribution in [0.1, 0.15) is 36.8 Å². The number of hydrogen-bond donors (Lipinski definition) is 0. The highest BCUT2D eigenvalue weighted by molar-refractivity contribution is 6.32. The number of ether oxygens (including phenoxy) is 1. The van der Waals surface area contributed by atoms with Crippen LogP contribution in [0.5, 0.6) is 11.5 Å². The Balaban J connectivity index is 1.72. The number of hydrogen-bond acceptors (Lipinski definition) is 2. The monoisotopic (exact) mass is 413 g/mol. The van der Waals surface area contributed by atoms with Crippen LogP contribution in [0, 0.1) is 5.82 Å². The first kappa shape index (κ1) is 19.1. The van der Waals surface area contributed by atoms with Gasteiger partial charge in [0.25, 0.3) is 0 Å². The molecule has 28 heavy (non-hydrogen) atoms. The van der Waals surface area contributed by atoms with E-state index in [4.69, 9.17) is 16.3 Å². The molecule has 3 nitrogen and oxygen atoms in total. The van der Waals surface area contributed by atoms with Crippen LogP contribution in [0.15, 0.2) is 30.3 Å². The number of halogens is 5. The minimum Gasteiger partial charge on any atom is -0.453 e. The van der Waals surface area contributed by atoms with Gasteiger partial charge in [-0.15, -0.1) is 0 Å². The van der Waals surface area contributed by atoms with E-state index in [-0.39, 0.29) is 11.7 Å². The first-order chi connectivity index (χ1) is 13.1. The van der Waals surface area contributed by atoms with E-state index in [9.17, 15) is 22.4 Å². The van der Waals surface area contributed by atoms with E-state index in [2.05, 4.69) is 0 Å². The molecule has 2 aliphatic rings. The maximum atomic E-state index is 14.2. The first-order valence-corrected chi connectivity index (χ1v) is 9.18. The van der Waals surface area contributed by atoms with Gasteiger partial charge < -0.3 is 9.64 Å². The topological polar surface area (TPSA) is 29.5 Å². The van der Waals surface area contributed by atoms with Gasteiger partial charge in [0.2, 0.25) is 5.91 Å². The second kappa shape index (κ2) is 6.37. The summed E-state index contributed by atoms with van der Waals surface area (Å²) >= 11 is 5.85. The number of likely N-dealkylation sites (N-methyl/N-ethyl adjacent to an activating group) is 1. The molecule has 2 aromatic rings. The van der Waals surface area contributed by atoms with Crippen LogP contribution in [0.4, 0.5) is 23.2 Å². The third-order valence-electron chi connectivity index (χ3n) is 5.56. The van der Waals surface area contributed by atoms with Crippen molar-refractivity contribution < 1.29 is 27.1 Å². The molecule has 1 spiro atoms. The van der Waals surface area contributed by atoms with Gasteiger partial charge in [0, 0.05) is 12.7 Å². The standard InChI is InChI=1S/C20H16ClF4NO2/c1-26-16-5-4-12(10-13(16)19(18(26)27)6-2-3-7-19)28-17-14(21)8-11(9-15(17)22)20(23,24)25/h4-5,8-10H,2-3,6-7H2,1H3. The molecule has 0 unspecified atom stereocenters. The van der Waals surface area contributed by atoms with Gasteiger partial charge in [-0.05, 0) is 48.7 Å². The van der Waals surface area contributed by atoms with Crippen LogP contribution in [-0.2, 0) is 16.4 Å². The van der Waals surface area contributed by atoms with Crippen molar-refractivity contribution in [3.8, 4) is 11.5 Å². The van der Waals surface area contributed by atoms with Gasteiger partial charge in [-0.2, -0.15) is 13.2 Å². The molecule has 2 aromatic carbocycles. The number of nitrogens with zero attached hydrogens (tertiary/aromatic N) is 1. The molecular formula is C20H16ClF4NO2. The summed E-state index contributed by atoms with van der Waals surface area (Å²) in [6.07, 6.45) is -1.40. The number of fused-ring (bicyclic) bond motifs is 2. The van der Waals surface area contributed by atoms with Gasteiger partial charge in [0.15, 0.2) is 11.6 Å². The number of amides is 1. The molecule has 0 atom stereocenters. The van der Waals surface area contributed by atoms with E-state index >= 15 is 0 Å². The van der Waals surface area contributed by atoms with Crippen molar-refractivity contribution in [1.82, 2.24) is 0 Å². The van der Waals surface area contributed by atoms with Crippen LogP contribution in [0.25, 0.3) is 0 Å². The quantitative estimate of drug-likeness (QED) is 0.558. The molecule has 8 heteroatoms. The normalized spacial score (nSPS) is 18.1. The summed E-state index contributed by atoms with van der Waals surface area (Å²) in [5, 5.41) is -0.475. The molecule has 1 aliphatic heterocycles. The fourth-order valence-corrected chi connectivity index (χ4v) is 4.45. The van der Waals surface area contributed by atoms with Crippen molar-refractivity contribution in [1.29, 1.82) is 0 Å². The van der Waals surface area contributed by atoms with Gasteiger partial charge in [0.05, 0.1) is 16.0 Å². The highest BCUT2D eigenvalue weighted by Crippen LogP contribution is 2.52. The summed E-state index contributed by atoms with van der Waals surface area (Å²) in [6, 6.07) is 5.89. The van der Waals surface area contributed by atoms with Gasteiger partial charge in [-0.3, -0.25) is 4.79 Å². The molecule has 0 radical (unpaired) electrons. The summed E-state index contributed by atoms with van der Waals surface area (Å²) in [4.78, 5) is 14.4. The smallest absolute Gasteiger partial charge is 0.416 e. The Hall–Kier alpha value is -2.28. The Labute approximate surface area is 163 Å². The summed E-state index contributed by atoms with van der Waals surface area (Å²) < 4.78 is 58.1. The number of alkyl halides is 3. The van der Waals surface area contributed by atoms with E-state index in [1.54, 1.807) is 30.1 Å². The van der Waals surface area contributed by atoms with Crippen LogP contribution in [-0.4, -0.2) is 13.0 Å². The fraction of sp³-hybridized carbons (Fsp3) is 0.350. The SMILES string of the molecule is CN1C(=O)C2(CCCC2)c2cc(Oc3c(F)cc(C(F)(F)F)cc3Cl)ccc21. The molecular weight excluding hydrogens is 398 g/mol. The van der Waals surface area contributed by atoms with E-state index < -0.39 is 33.7 Å². The van der Waals surface area contributed by atoms with Crippen molar-refractivity contribution in [2.75, 3.05) is 11.9 Å². The summed E-state index contributed by atoms with van der Waals surface area (Å²) in [5.74, 6) is -1.44. The zero-order valence-corrected chi connectivity index (χ0v) is 15.6. The van der Waals surface area contributed by atoms with Gasteiger partial charge in [-0.1, -0.05) is 24.4 Å². The number of rotatable bonds is 2. The second-order valence-electron chi connectivity index (χ2n) is 7.20. The lowest BCUT2D eigenvalue weighted by atomic mass is 9.80. The largest absolute Gasteiger partial charge is 0.453 e. The highest BCUT2D eigenvalue weighted by atomic mass is 35.5. The number of carbonyl (C=O) groups excluding carboxylic acids is 1. The van der Waals surface area contributed by atoms with Crippen molar-refractivity contribution in [3.05, 3.63) is 52.3 Å². The molecule has 1 heterocycles. The van der Waals surface area contributed by atoms with Gasteiger partial charge in [-0.25, -0.2) is 4.39 Å². The number of benzene rings is 2. The Morgan fingerprint density at radius 3 is 2.43 bits per heavy atom. The Kier molecular flexibility index (Phi) is 4.34.